The van der Waals surface area contributed by atoms with Gasteiger partial charge in [-0.3, -0.25) is 19.7 Å². The van der Waals surface area contributed by atoms with Crippen LogP contribution < -0.4 is 11.1 Å². The first kappa shape index (κ1) is 14.2. The lowest BCUT2D eigenvalue weighted by atomic mass is 10.1. The van der Waals surface area contributed by atoms with Crippen LogP contribution in [0.15, 0.2) is 24.3 Å². The molecule has 1 aliphatic rings. The molecule has 0 radical (unpaired) electrons. The zero-order valence-corrected chi connectivity index (χ0v) is 11.3. The minimum atomic E-state index is -0.622. The number of carbonyl (C=O) groups is 3. The molecule has 0 bridgehead atoms. The standard InChI is InChI=1S/C14H17N3O3/c1-9-14(20)16-12(18)8-17(9)13(19)6-10-2-4-11(7-15)5-3-10/h2-5,9H,6-8,15H2,1H3,(H,16,18,20). The first-order valence-electron chi connectivity index (χ1n) is 6.42. The third-order valence-electron chi connectivity index (χ3n) is 3.36. The molecule has 0 saturated carbocycles. The second kappa shape index (κ2) is 5.83. The number of piperazine rings is 1. The van der Waals surface area contributed by atoms with E-state index in [4.69, 9.17) is 5.73 Å². The molecule has 1 atom stereocenters. The maximum atomic E-state index is 12.2. The number of amides is 3. The summed E-state index contributed by atoms with van der Waals surface area (Å²) < 4.78 is 0. The number of rotatable bonds is 3. The van der Waals surface area contributed by atoms with Crippen molar-refractivity contribution in [1.29, 1.82) is 0 Å². The molecular formula is C14H17N3O3. The van der Waals surface area contributed by atoms with Gasteiger partial charge in [-0.2, -0.15) is 0 Å². The molecule has 3 amide bonds. The largest absolute Gasteiger partial charge is 0.326 e. The van der Waals surface area contributed by atoms with E-state index < -0.39 is 17.9 Å². The van der Waals surface area contributed by atoms with Crippen LogP contribution in [-0.4, -0.2) is 35.2 Å². The fraction of sp³-hybridized carbons (Fsp3) is 0.357. The molecule has 6 heteroatoms. The monoisotopic (exact) mass is 275 g/mol. The number of benzene rings is 1. The van der Waals surface area contributed by atoms with Crippen molar-refractivity contribution >= 4 is 17.7 Å². The average Bonchev–Trinajstić information content (AvgIpc) is 2.43. The van der Waals surface area contributed by atoms with Gasteiger partial charge >= 0.3 is 0 Å². The first-order chi connectivity index (χ1) is 9.51. The highest BCUT2D eigenvalue weighted by Crippen LogP contribution is 2.10. The Balaban J connectivity index is 2.06. The number of carbonyl (C=O) groups excluding carboxylic acids is 3. The van der Waals surface area contributed by atoms with Gasteiger partial charge in [0, 0.05) is 6.54 Å². The molecule has 1 aromatic carbocycles. The Labute approximate surface area is 116 Å². The van der Waals surface area contributed by atoms with Crippen molar-refractivity contribution in [1.82, 2.24) is 10.2 Å². The molecule has 0 aliphatic carbocycles. The van der Waals surface area contributed by atoms with E-state index in [2.05, 4.69) is 5.32 Å². The number of nitrogens with one attached hydrogen (secondary N) is 1. The van der Waals surface area contributed by atoms with Gasteiger partial charge in [-0.05, 0) is 18.1 Å². The van der Waals surface area contributed by atoms with Gasteiger partial charge in [0.15, 0.2) is 0 Å². The van der Waals surface area contributed by atoms with Gasteiger partial charge in [-0.15, -0.1) is 0 Å². The zero-order chi connectivity index (χ0) is 14.7. The highest BCUT2D eigenvalue weighted by atomic mass is 16.2. The average molecular weight is 275 g/mol. The van der Waals surface area contributed by atoms with Crippen molar-refractivity contribution < 1.29 is 14.4 Å². The Kier molecular flexibility index (Phi) is 4.14. The lowest BCUT2D eigenvalue weighted by Crippen LogP contribution is -2.58. The summed E-state index contributed by atoms with van der Waals surface area (Å²) >= 11 is 0. The third kappa shape index (κ3) is 3.03. The molecule has 1 unspecified atom stereocenters. The van der Waals surface area contributed by atoms with E-state index in [1.807, 2.05) is 24.3 Å². The topological polar surface area (TPSA) is 92.5 Å². The molecule has 1 saturated heterocycles. The summed E-state index contributed by atoms with van der Waals surface area (Å²) in [4.78, 5) is 36.3. The van der Waals surface area contributed by atoms with Crippen LogP contribution >= 0.6 is 0 Å². The van der Waals surface area contributed by atoms with Crippen LogP contribution in [-0.2, 0) is 27.3 Å². The predicted octanol–water partition coefficient (Wildman–Crippen LogP) is -0.439. The van der Waals surface area contributed by atoms with Gasteiger partial charge in [0.25, 0.3) is 0 Å². The third-order valence-corrected chi connectivity index (χ3v) is 3.36. The molecule has 20 heavy (non-hydrogen) atoms. The van der Waals surface area contributed by atoms with Crippen LogP contribution in [0, 0.1) is 0 Å². The molecule has 0 aromatic heterocycles. The van der Waals surface area contributed by atoms with Crippen LogP contribution in [0.2, 0.25) is 0 Å². The molecule has 1 aromatic rings. The van der Waals surface area contributed by atoms with Gasteiger partial charge in [-0.1, -0.05) is 24.3 Å². The first-order valence-corrected chi connectivity index (χ1v) is 6.42. The van der Waals surface area contributed by atoms with Gasteiger partial charge in [-0.25, -0.2) is 0 Å². The molecular weight excluding hydrogens is 258 g/mol. The minimum Gasteiger partial charge on any atom is -0.326 e. The molecule has 1 fully saturated rings. The molecule has 1 aliphatic heterocycles. The molecule has 0 spiro atoms. The number of hydrogen-bond acceptors (Lipinski definition) is 4. The van der Waals surface area contributed by atoms with Crippen LogP contribution in [0.5, 0.6) is 0 Å². The van der Waals surface area contributed by atoms with E-state index >= 15 is 0 Å². The van der Waals surface area contributed by atoms with E-state index in [0.717, 1.165) is 11.1 Å². The Morgan fingerprint density at radius 2 is 1.90 bits per heavy atom. The number of imide groups is 1. The number of nitrogens with two attached hydrogens (primary N) is 1. The van der Waals surface area contributed by atoms with Crippen molar-refractivity contribution in [3.8, 4) is 0 Å². The number of hydrogen-bond donors (Lipinski definition) is 2. The summed E-state index contributed by atoms with van der Waals surface area (Å²) in [6.45, 7) is 1.98. The SMILES string of the molecule is CC1C(=O)NC(=O)CN1C(=O)Cc1ccc(CN)cc1. The van der Waals surface area contributed by atoms with E-state index in [-0.39, 0.29) is 18.9 Å². The summed E-state index contributed by atoms with van der Waals surface area (Å²) in [7, 11) is 0. The van der Waals surface area contributed by atoms with Crippen LogP contribution in [0.25, 0.3) is 0 Å². The Bertz CT molecular complexity index is 539. The summed E-state index contributed by atoms with van der Waals surface area (Å²) in [5.74, 6) is -1.12. The lowest BCUT2D eigenvalue weighted by Gasteiger charge is -2.31. The highest BCUT2D eigenvalue weighted by Gasteiger charge is 2.33. The van der Waals surface area contributed by atoms with Crippen molar-refractivity contribution in [2.45, 2.75) is 25.9 Å². The Morgan fingerprint density at radius 1 is 1.30 bits per heavy atom. The molecule has 106 valence electrons. The normalized spacial score (nSPS) is 18.9. The van der Waals surface area contributed by atoms with Crippen LogP contribution in [0.3, 0.4) is 0 Å². The summed E-state index contributed by atoms with van der Waals surface area (Å²) in [6.07, 6.45) is 0.162. The maximum Gasteiger partial charge on any atom is 0.249 e. The number of nitrogens with zero attached hydrogens (tertiary/aromatic N) is 1. The van der Waals surface area contributed by atoms with Crippen LogP contribution in [0.1, 0.15) is 18.1 Å². The van der Waals surface area contributed by atoms with Gasteiger partial charge in [0.05, 0.1) is 6.42 Å². The fourth-order valence-electron chi connectivity index (χ4n) is 2.09. The van der Waals surface area contributed by atoms with Gasteiger partial charge in [0.1, 0.15) is 12.6 Å². The molecule has 3 N–H and O–H groups in total. The van der Waals surface area contributed by atoms with E-state index in [1.54, 1.807) is 6.92 Å². The molecule has 6 nitrogen and oxygen atoms in total. The smallest absolute Gasteiger partial charge is 0.249 e. The summed E-state index contributed by atoms with van der Waals surface area (Å²) in [5, 5.41) is 2.21. The quantitative estimate of drug-likeness (QED) is 0.732. The van der Waals surface area contributed by atoms with Crippen molar-refractivity contribution in [3.63, 3.8) is 0 Å². The zero-order valence-electron chi connectivity index (χ0n) is 11.3. The van der Waals surface area contributed by atoms with Crippen molar-refractivity contribution in [2.24, 2.45) is 5.73 Å². The second-order valence-electron chi connectivity index (χ2n) is 4.81. The van der Waals surface area contributed by atoms with Crippen LogP contribution in [0.4, 0.5) is 0 Å². The Hall–Kier alpha value is -2.21. The Morgan fingerprint density at radius 3 is 2.50 bits per heavy atom. The molecule has 1 heterocycles. The summed E-state index contributed by atoms with van der Waals surface area (Å²) in [6, 6.07) is 6.76. The second-order valence-corrected chi connectivity index (χ2v) is 4.81. The van der Waals surface area contributed by atoms with E-state index in [9.17, 15) is 14.4 Å². The fourth-order valence-corrected chi connectivity index (χ4v) is 2.09. The van der Waals surface area contributed by atoms with Crippen molar-refractivity contribution in [2.75, 3.05) is 6.54 Å². The maximum absolute atomic E-state index is 12.2. The highest BCUT2D eigenvalue weighted by molar-refractivity contribution is 6.04. The molecule has 2 rings (SSSR count). The van der Waals surface area contributed by atoms with Gasteiger partial charge in [0.2, 0.25) is 17.7 Å². The summed E-state index contributed by atoms with van der Waals surface area (Å²) in [5.41, 5.74) is 7.33. The van der Waals surface area contributed by atoms with E-state index in [0.29, 0.717) is 6.54 Å². The van der Waals surface area contributed by atoms with E-state index in [1.165, 1.54) is 4.90 Å². The van der Waals surface area contributed by atoms with Gasteiger partial charge < -0.3 is 10.6 Å². The minimum absolute atomic E-state index is 0.0768. The lowest BCUT2D eigenvalue weighted by molar-refractivity contribution is -0.149. The van der Waals surface area contributed by atoms with Crippen molar-refractivity contribution in [3.05, 3.63) is 35.4 Å². The predicted molar refractivity (Wildman–Crippen MR) is 72.4 cm³/mol.